The van der Waals surface area contributed by atoms with E-state index in [2.05, 4.69) is 30.5 Å². The molecule has 0 aliphatic carbocycles. The van der Waals surface area contributed by atoms with Gasteiger partial charge in [0.05, 0.1) is 46.0 Å². The van der Waals surface area contributed by atoms with Crippen LogP contribution in [0.4, 0.5) is 14.6 Å². The van der Waals surface area contributed by atoms with E-state index in [1.807, 2.05) is 6.92 Å². The summed E-state index contributed by atoms with van der Waals surface area (Å²) in [5.41, 5.74) is 6.93. The van der Waals surface area contributed by atoms with Crippen molar-refractivity contribution in [3.63, 3.8) is 0 Å². The van der Waals surface area contributed by atoms with Crippen LogP contribution in [0.3, 0.4) is 0 Å². The zero-order valence-electron chi connectivity index (χ0n) is 20.3. The van der Waals surface area contributed by atoms with Gasteiger partial charge >= 0.3 is 0 Å². The number of nitrogens with two attached hydrogens (primary N) is 1. The summed E-state index contributed by atoms with van der Waals surface area (Å²) in [6.45, 7) is 2.22. The van der Waals surface area contributed by atoms with Gasteiger partial charge in [0.2, 0.25) is 5.95 Å². The number of nitrogens with zero attached hydrogens (tertiary/aromatic N) is 7. The number of hydrogen-bond acceptors (Lipinski definition) is 8. The molecule has 39 heavy (non-hydrogen) atoms. The molecule has 2 unspecified atom stereocenters. The minimum absolute atomic E-state index is 0.0574. The molecule has 1 aliphatic rings. The lowest BCUT2D eigenvalue weighted by molar-refractivity contribution is 0.0616. The Labute approximate surface area is 224 Å². The standard InChI is InChI=1S/C25H20ClF2N9O2/c1-2-39-19-9-18(25-30-10-15(32-25)13-3-6-20(29)33-24(13)28)37-17(19)7-12(8-21(37)38)22-16(36-11-31-34-35-36)5-4-14(26)23(22)27/h3-8,10-11,18-19H,2,9H2,1H3,(H2,29,33)(H,30,32). The van der Waals surface area contributed by atoms with Gasteiger partial charge in [0, 0.05) is 24.7 Å². The topological polar surface area (TPSA) is 142 Å². The van der Waals surface area contributed by atoms with Crippen molar-refractivity contribution >= 4 is 17.4 Å². The molecule has 14 heteroatoms. The molecule has 5 aromatic rings. The normalized spacial score (nSPS) is 16.5. The third-order valence-electron chi connectivity index (χ3n) is 6.57. The lowest BCUT2D eigenvalue weighted by atomic mass is 10.0. The molecule has 0 radical (unpaired) electrons. The van der Waals surface area contributed by atoms with Gasteiger partial charge in [-0.1, -0.05) is 11.6 Å². The largest absolute Gasteiger partial charge is 0.384 e. The lowest BCUT2D eigenvalue weighted by Crippen LogP contribution is -2.24. The first kappa shape index (κ1) is 24.8. The van der Waals surface area contributed by atoms with E-state index in [-0.39, 0.29) is 27.5 Å². The van der Waals surface area contributed by atoms with Gasteiger partial charge in [-0.25, -0.2) is 14.4 Å². The second kappa shape index (κ2) is 9.67. The molecule has 1 aromatic carbocycles. The maximum Gasteiger partial charge on any atom is 0.252 e. The number of nitrogen functional groups attached to an aromatic ring is 1. The van der Waals surface area contributed by atoms with Crippen molar-refractivity contribution < 1.29 is 13.5 Å². The van der Waals surface area contributed by atoms with E-state index < -0.39 is 29.5 Å². The molecule has 0 bridgehead atoms. The first-order chi connectivity index (χ1) is 18.9. The third kappa shape index (κ3) is 4.25. The first-order valence-electron chi connectivity index (χ1n) is 11.9. The predicted octanol–water partition coefficient (Wildman–Crippen LogP) is 3.86. The number of aromatic nitrogens is 8. The summed E-state index contributed by atoms with van der Waals surface area (Å²) < 4.78 is 38.6. The molecule has 0 saturated heterocycles. The van der Waals surface area contributed by atoms with E-state index in [9.17, 15) is 9.18 Å². The maximum absolute atomic E-state index is 15.4. The van der Waals surface area contributed by atoms with Crippen molar-refractivity contribution in [1.82, 2.24) is 39.7 Å². The summed E-state index contributed by atoms with van der Waals surface area (Å²) in [6.07, 6.45) is 2.67. The molecule has 0 fully saturated rings. The zero-order chi connectivity index (χ0) is 27.3. The van der Waals surface area contributed by atoms with Crippen LogP contribution in [0.5, 0.6) is 0 Å². The summed E-state index contributed by atoms with van der Waals surface area (Å²) >= 11 is 6.11. The Morgan fingerprint density at radius 3 is 2.82 bits per heavy atom. The highest BCUT2D eigenvalue weighted by atomic mass is 35.5. The van der Waals surface area contributed by atoms with Crippen LogP contribution in [0.1, 0.15) is 37.0 Å². The van der Waals surface area contributed by atoms with E-state index >= 15 is 4.39 Å². The molecule has 11 nitrogen and oxygen atoms in total. The summed E-state index contributed by atoms with van der Waals surface area (Å²) in [7, 11) is 0. The molecule has 0 amide bonds. The minimum Gasteiger partial charge on any atom is -0.384 e. The zero-order valence-corrected chi connectivity index (χ0v) is 21.1. The summed E-state index contributed by atoms with van der Waals surface area (Å²) in [6, 6.07) is 8.42. The molecule has 0 saturated carbocycles. The SMILES string of the molecule is CCOC1CC(c2ncc(-c3ccc(N)nc3F)[nH]2)n2c1cc(-c1c(-n3cnnn3)ccc(Cl)c1F)cc2=O. The Kier molecular flexibility index (Phi) is 6.16. The molecule has 2 atom stereocenters. The fourth-order valence-corrected chi connectivity index (χ4v) is 5.07. The van der Waals surface area contributed by atoms with E-state index in [0.717, 1.165) is 0 Å². The molecular formula is C25H20ClF2N9O2. The van der Waals surface area contributed by atoms with Gasteiger partial charge in [0.15, 0.2) is 5.82 Å². The van der Waals surface area contributed by atoms with Crippen LogP contribution in [0, 0.1) is 11.8 Å². The molecule has 4 aromatic heterocycles. The van der Waals surface area contributed by atoms with Crippen LogP contribution in [0.15, 0.2) is 53.7 Å². The Bertz CT molecular complexity index is 1750. The number of imidazole rings is 1. The van der Waals surface area contributed by atoms with Crippen molar-refractivity contribution in [2.75, 3.05) is 12.3 Å². The fraction of sp³-hybridized carbons (Fsp3) is 0.200. The van der Waals surface area contributed by atoms with Crippen molar-refractivity contribution in [3.05, 3.63) is 87.6 Å². The van der Waals surface area contributed by atoms with Gasteiger partial charge in [-0.15, -0.1) is 5.10 Å². The molecular weight excluding hydrogens is 532 g/mol. The Balaban J connectivity index is 1.47. The van der Waals surface area contributed by atoms with Gasteiger partial charge in [-0.3, -0.25) is 9.36 Å². The number of benzene rings is 1. The van der Waals surface area contributed by atoms with Crippen LogP contribution in [-0.2, 0) is 4.74 Å². The Morgan fingerprint density at radius 2 is 2.08 bits per heavy atom. The number of halogens is 3. The highest BCUT2D eigenvalue weighted by Crippen LogP contribution is 2.41. The highest BCUT2D eigenvalue weighted by molar-refractivity contribution is 6.31. The quantitative estimate of drug-likeness (QED) is 0.303. The summed E-state index contributed by atoms with van der Waals surface area (Å²) in [5, 5.41) is 11.0. The number of nitrogens with one attached hydrogen (secondary N) is 1. The van der Waals surface area contributed by atoms with Gasteiger partial charge in [0.25, 0.3) is 5.56 Å². The average Bonchev–Trinajstić information content (AvgIpc) is 3.67. The predicted molar refractivity (Wildman–Crippen MR) is 137 cm³/mol. The fourth-order valence-electron chi connectivity index (χ4n) is 4.91. The number of aromatic amines is 1. The van der Waals surface area contributed by atoms with Gasteiger partial charge in [0.1, 0.15) is 18.0 Å². The maximum atomic E-state index is 15.4. The number of pyridine rings is 2. The molecule has 1 aliphatic heterocycles. The monoisotopic (exact) mass is 551 g/mol. The second-order valence-corrected chi connectivity index (χ2v) is 9.25. The second-order valence-electron chi connectivity index (χ2n) is 8.84. The van der Waals surface area contributed by atoms with Crippen LogP contribution in [0.2, 0.25) is 5.02 Å². The average molecular weight is 552 g/mol. The number of tetrazole rings is 1. The molecule has 3 N–H and O–H groups in total. The number of hydrogen-bond donors (Lipinski definition) is 2. The highest BCUT2D eigenvalue weighted by Gasteiger charge is 2.36. The van der Waals surface area contributed by atoms with Crippen molar-refractivity contribution in [2.45, 2.75) is 25.5 Å². The number of rotatable bonds is 6. The summed E-state index contributed by atoms with van der Waals surface area (Å²) in [4.78, 5) is 24.8. The van der Waals surface area contributed by atoms with Crippen molar-refractivity contribution in [2.24, 2.45) is 0 Å². The molecule has 5 heterocycles. The van der Waals surface area contributed by atoms with Crippen LogP contribution >= 0.6 is 11.6 Å². The van der Waals surface area contributed by atoms with Crippen LogP contribution in [-0.4, -0.2) is 46.3 Å². The van der Waals surface area contributed by atoms with Gasteiger partial charge in [-0.2, -0.15) is 9.07 Å². The van der Waals surface area contributed by atoms with Crippen LogP contribution < -0.4 is 11.3 Å². The summed E-state index contributed by atoms with van der Waals surface area (Å²) in [5.74, 6) is -0.968. The Morgan fingerprint density at radius 1 is 1.23 bits per heavy atom. The van der Waals surface area contributed by atoms with E-state index in [1.165, 1.54) is 41.5 Å². The molecule has 0 spiro atoms. The first-order valence-corrected chi connectivity index (χ1v) is 12.3. The lowest BCUT2D eigenvalue weighted by Gasteiger charge is -2.16. The van der Waals surface area contributed by atoms with Gasteiger partial charge in [-0.05, 0) is 53.2 Å². The number of anilines is 1. The van der Waals surface area contributed by atoms with Crippen LogP contribution in [0.25, 0.3) is 28.1 Å². The number of ether oxygens (including phenoxy) is 1. The van der Waals surface area contributed by atoms with E-state index in [0.29, 0.717) is 35.9 Å². The van der Waals surface area contributed by atoms with Gasteiger partial charge < -0.3 is 15.5 Å². The number of fused-ring (bicyclic) bond motifs is 1. The molecule has 198 valence electrons. The number of H-pyrrole nitrogens is 1. The smallest absolute Gasteiger partial charge is 0.252 e. The molecule has 6 rings (SSSR count). The third-order valence-corrected chi connectivity index (χ3v) is 6.87. The Hall–Kier alpha value is -4.49. The van der Waals surface area contributed by atoms with E-state index in [1.54, 1.807) is 16.7 Å². The van der Waals surface area contributed by atoms with Crippen molar-refractivity contribution in [1.29, 1.82) is 0 Å². The van der Waals surface area contributed by atoms with E-state index in [4.69, 9.17) is 22.1 Å². The van der Waals surface area contributed by atoms with Crippen molar-refractivity contribution in [3.8, 4) is 28.1 Å². The minimum atomic E-state index is -0.743.